The van der Waals surface area contributed by atoms with Gasteiger partial charge in [-0.3, -0.25) is 0 Å². The Hall–Kier alpha value is 0.450. The number of rotatable bonds is 10. The lowest BCUT2D eigenvalue weighted by Gasteiger charge is -2.26. The molecule has 0 aromatic rings. The van der Waals surface area contributed by atoms with E-state index < -0.39 is 6.72 Å². The summed E-state index contributed by atoms with van der Waals surface area (Å²) in [6, 6.07) is 0. The van der Waals surface area contributed by atoms with E-state index in [-0.39, 0.29) is 26.6 Å². The van der Waals surface area contributed by atoms with E-state index in [0.29, 0.717) is 19.4 Å². The van der Waals surface area contributed by atoms with Crippen molar-refractivity contribution in [3.05, 3.63) is 0 Å². The number of aliphatic hydroxyl groups is 1. The molecule has 0 heterocycles. The molecular weight excluding hydrogens is 263 g/mol. The van der Waals surface area contributed by atoms with Crippen LogP contribution in [-0.4, -0.2) is 39.1 Å². The predicted octanol–water partition coefficient (Wildman–Crippen LogP) is 1.30. The van der Waals surface area contributed by atoms with Gasteiger partial charge in [0, 0.05) is 27.4 Å². The fraction of sp³-hybridized carbons (Fsp3) is 1.00. The molecule has 5 nitrogen and oxygen atoms in total. The van der Waals surface area contributed by atoms with Crippen molar-refractivity contribution >= 4 is 18.5 Å². The molecule has 0 spiro atoms. The minimum absolute atomic E-state index is 0. The van der Waals surface area contributed by atoms with E-state index in [0.717, 1.165) is 6.42 Å². The van der Waals surface area contributed by atoms with E-state index in [1.54, 1.807) is 7.11 Å². The Morgan fingerprint density at radius 1 is 1.24 bits per heavy atom. The van der Waals surface area contributed by atoms with Crippen LogP contribution in [0, 0.1) is 5.92 Å². The van der Waals surface area contributed by atoms with Gasteiger partial charge >= 0.3 is 0 Å². The molecular formula is C10H24O5PS-. The van der Waals surface area contributed by atoms with Crippen molar-refractivity contribution < 1.29 is 23.8 Å². The normalized spacial score (nSPS) is 16.0. The molecule has 0 saturated carbocycles. The largest absolute Gasteiger partial charge is 0.780 e. The van der Waals surface area contributed by atoms with Gasteiger partial charge in [0.2, 0.25) is 0 Å². The van der Waals surface area contributed by atoms with Crippen LogP contribution in [0.25, 0.3) is 0 Å². The first-order valence-corrected chi connectivity index (χ1v) is 7.72. The Bertz CT molecular complexity index is 215. The summed E-state index contributed by atoms with van der Waals surface area (Å²) in [5.41, 5.74) is 0. The van der Waals surface area contributed by atoms with Crippen molar-refractivity contribution in [3.8, 4) is 0 Å². The third-order valence-electron chi connectivity index (χ3n) is 2.27. The van der Waals surface area contributed by atoms with Crippen molar-refractivity contribution in [1.29, 1.82) is 0 Å². The standard InChI is InChI=1S/C9H21O5PS.CH4/c1-12-7-4-9(3-6-10)5-8-14-15(11,16)13-2;/h9-10H,3-8H2,1-2H3,(H,11,16);1H4/p-1. The molecule has 0 aliphatic carbocycles. The van der Waals surface area contributed by atoms with Gasteiger partial charge in [-0.05, 0) is 25.2 Å². The Balaban J connectivity index is 0. The molecule has 2 unspecified atom stereocenters. The van der Waals surface area contributed by atoms with Gasteiger partial charge < -0.3 is 23.8 Å². The number of aliphatic hydroxyl groups excluding tert-OH is 1. The van der Waals surface area contributed by atoms with Crippen LogP contribution in [0.1, 0.15) is 26.7 Å². The van der Waals surface area contributed by atoms with Crippen molar-refractivity contribution in [2.24, 2.45) is 5.92 Å². The Morgan fingerprint density at radius 2 is 1.82 bits per heavy atom. The molecule has 17 heavy (non-hydrogen) atoms. The molecule has 0 aromatic carbocycles. The Kier molecular flexibility index (Phi) is 13.4. The third kappa shape index (κ3) is 11.3. The predicted molar refractivity (Wildman–Crippen MR) is 70.3 cm³/mol. The quantitative estimate of drug-likeness (QED) is 0.611. The van der Waals surface area contributed by atoms with Crippen LogP contribution in [0.4, 0.5) is 0 Å². The smallest absolute Gasteiger partial charge is 0.115 e. The number of ether oxygens (including phenoxy) is 1. The van der Waals surface area contributed by atoms with Crippen LogP contribution in [0.5, 0.6) is 0 Å². The second-order valence-corrected chi connectivity index (χ2v) is 6.27. The first kappa shape index (κ1) is 19.8. The van der Waals surface area contributed by atoms with Crippen LogP contribution in [0.15, 0.2) is 0 Å². The average Bonchev–Trinajstić information content (AvgIpc) is 2.25. The molecule has 0 aliphatic heterocycles. The van der Waals surface area contributed by atoms with E-state index in [2.05, 4.69) is 16.3 Å². The maximum absolute atomic E-state index is 11.2. The highest BCUT2D eigenvalue weighted by Gasteiger charge is 2.09. The maximum Gasteiger partial charge on any atom is 0.115 e. The van der Waals surface area contributed by atoms with Crippen molar-refractivity contribution in [2.45, 2.75) is 26.7 Å². The van der Waals surface area contributed by atoms with Crippen LogP contribution in [0.2, 0.25) is 0 Å². The van der Waals surface area contributed by atoms with E-state index in [4.69, 9.17) is 14.4 Å². The van der Waals surface area contributed by atoms with Gasteiger partial charge in [-0.2, -0.15) is 0 Å². The molecule has 0 rings (SSSR count). The van der Waals surface area contributed by atoms with Gasteiger partial charge in [-0.1, -0.05) is 19.2 Å². The third-order valence-corrected chi connectivity index (χ3v) is 3.98. The molecule has 0 amide bonds. The summed E-state index contributed by atoms with van der Waals surface area (Å²) in [6.45, 7) is -2.24. The summed E-state index contributed by atoms with van der Waals surface area (Å²) in [6.07, 6.45) is 2.21. The molecule has 0 aromatic heterocycles. The lowest BCUT2D eigenvalue weighted by Crippen LogP contribution is -2.12. The average molecular weight is 287 g/mol. The Labute approximate surface area is 109 Å². The summed E-state index contributed by atoms with van der Waals surface area (Å²) in [7, 11) is 2.90. The molecule has 0 aliphatic rings. The first-order chi connectivity index (χ1) is 7.55. The zero-order chi connectivity index (χ0) is 12.4. The topological polar surface area (TPSA) is 71.0 Å². The van der Waals surface area contributed by atoms with Crippen LogP contribution in [-0.2, 0) is 25.6 Å². The Morgan fingerprint density at radius 3 is 2.29 bits per heavy atom. The number of methoxy groups -OCH3 is 1. The van der Waals surface area contributed by atoms with E-state index in [1.165, 1.54) is 7.11 Å². The fourth-order valence-corrected chi connectivity index (χ4v) is 1.94. The van der Waals surface area contributed by atoms with E-state index in [9.17, 15) is 4.89 Å². The van der Waals surface area contributed by atoms with Crippen molar-refractivity contribution in [2.75, 3.05) is 34.0 Å². The van der Waals surface area contributed by atoms with Crippen LogP contribution in [0.3, 0.4) is 0 Å². The number of hydrogen-bond acceptors (Lipinski definition) is 6. The van der Waals surface area contributed by atoms with Crippen molar-refractivity contribution in [3.63, 3.8) is 0 Å². The summed E-state index contributed by atoms with van der Waals surface area (Å²) in [5, 5.41) is 8.86. The van der Waals surface area contributed by atoms with Gasteiger partial charge in [0.25, 0.3) is 0 Å². The molecule has 2 atom stereocenters. The fourth-order valence-electron chi connectivity index (χ4n) is 1.28. The second-order valence-electron chi connectivity index (χ2n) is 3.41. The molecule has 0 bridgehead atoms. The van der Waals surface area contributed by atoms with Crippen LogP contribution >= 0.6 is 6.72 Å². The lowest BCUT2D eigenvalue weighted by atomic mass is 9.99. The molecule has 0 fully saturated rings. The van der Waals surface area contributed by atoms with Crippen molar-refractivity contribution in [1.82, 2.24) is 0 Å². The second kappa shape index (κ2) is 11.5. The highest BCUT2D eigenvalue weighted by atomic mass is 32.5. The summed E-state index contributed by atoms with van der Waals surface area (Å²) < 4.78 is 14.5. The highest BCUT2D eigenvalue weighted by molar-refractivity contribution is 8.06. The summed E-state index contributed by atoms with van der Waals surface area (Å²) in [5.74, 6) is 0.289. The first-order valence-electron chi connectivity index (χ1n) is 5.17. The SMILES string of the molecule is C.COCCC(CCO)CCOP([O-])(=S)OC. The minimum atomic E-state index is -3.28. The highest BCUT2D eigenvalue weighted by Crippen LogP contribution is 2.37. The summed E-state index contributed by atoms with van der Waals surface area (Å²) >= 11 is 4.59. The lowest BCUT2D eigenvalue weighted by molar-refractivity contribution is -0.204. The zero-order valence-corrected chi connectivity index (χ0v) is 11.5. The molecule has 7 heteroatoms. The summed E-state index contributed by atoms with van der Waals surface area (Å²) in [4.78, 5) is 11.2. The van der Waals surface area contributed by atoms with E-state index >= 15 is 0 Å². The monoisotopic (exact) mass is 287 g/mol. The van der Waals surface area contributed by atoms with Crippen LogP contribution < -0.4 is 4.89 Å². The van der Waals surface area contributed by atoms with Gasteiger partial charge in [0.15, 0.2) is 0 Å². The molecule has 1 N–H and O–H groups in total. The zero-order valence-electron chi connectivity index (χ0n) is 9.76. The van der Waals surface area contributed by atoms with Gasteiger partial charge in [0.1, 0.15) is 6.72 Å². The van der Waals surface area contributed by atoms with Gasteiger partial charge in [-0.25, -0.2) is 0 Å². The molecule has 0 saturated heterocycles. The van der Waals surface area contributed by atoms with Gasteiger partial charge in [-0.15, -0.1) is 0 Å². The molecule has 0 radical (unpaired) electrons. The maximum atomic E-state index is 11.2. The number of hydrogen-bond donors (Lipinski definition) is 1. The van der Waals surface area contributed by atoms with E-state index in [1.807, 2.05) is 0 Å². The minimum Gasteiger partial charge on any atom is -0.780 e. The molecule has 106 valence electrons. The van der Waals surface area contributed by atoms with Gasteiger partial charge in [0.05, 0.1) is 6.61 Å².